The zero-order chi connectivity index (χ0) is 27.9. The van der Waals surface area contributed by atoms with Crippen molar-refractivity contribution in [2.45, 2.75) is 19.8 Å². The number of nitrogens with one attached hydrogen (secondary N) is 1. The number of rotatable bonds is 7. The third-order valence-electron chi connectivity index (χ3n) is 5.51. The van der Waals surface area contributed by atoms with Gasteiger partial charge in [0.25, 0.3) is 11.8 Å². The van der Waals surface area contributed by atoms with Crippen LogP contribution in [0.4, 0.5) is 18.9 Å². The standard InChI is InChI=1S/C25H17ClF3N5O4S/c1-12-4-5-14(26)17(9-12)38-11-34-7-6-15(33-34)23(36)32-20-19-13(16-3-2-8-37-16)10-18(25(27,28)29)31-24(19)39-21(20)22(30)35/h2-10H,11H2,1H3,(H2,30,35)(H,32,36). The summed E-state index contributed by atoms with van der Waals surface area (Å²) in [5.74, 6) is -1.19. The number of furan rings is 1. The molecule has 0 saturated heterocycles. The van der Waals surface area contributed by atoms with Crippen LogP contribution in [0.25, 0.3) is 21.5 Å². The predicted molar refractivity (Wildman–Crippen MR) is 138 cm³/mol. The van der Waals surface area contributed by atoms with Crippen molar-refractivity contribution in [1.82, 2.24) is 14.8 Å². The second kappa shape index (κ2) is 10.1. The van der Waals surface area contributed by atoms with Crippen molar-refractivity contribution in [2.24, 2.45) is 5.73 Å². The summed E-state index contributed by atoms with van der Waals surface area (Å²) in [4.78, 5) is 28.7. The van der Waals surface area contributed by atoms with Crippen LogP contribution in [-0.2, 0) is 12.9 Å². The number of pyridine rings is 1. The Kier molecular flexibility index (Phi) is 6.78. The van der Waals surface area contributed by atoms with E-state index in [1.165, 1.54) is 35.3 Å². The number of fused-ring (bicyclic) bond motifs is 1. The highest BCUT2D eigenvalue weighted by Crippen LogP contribution is 2.43. The fraction of sp³-hybridized carbons (Fsp3) is 0.120. The zero-order valence-corrected chi connectivity index (χ0v) is 21.4. The molecule has 2 amide bonds. The minimum atomic E-state index is -4.77. The molecule has 0 saturated carbocycles. The number of carbonyl (C=O) groups excluding carboxylic acids is 2. The Morgan fingerprint density at radius 3 is 2.72 bits per heavy atom. The third kappa shape index (κ3) is 5.31. The lowest BCUT2D eigenvalue weighted by atomic mass is 10.1. The highest BCUT2D eigenvalue weighted by Gasteiger charge is 2.35. The van der Waals surface area contributed by atoms with Gasteiger partial charge in [0.1, 0.15) is 26.9 Å². The fourth-order valence-corrected chi connectivity index (χ4v) is 4.93. The summed E-state index contributed by atoms with van der Waals surface area (Å²) in [6, 6.07) is 10.4. The van der Waals surface area contributed by atoms with Crippen LogP contribution in [0, 0.1) is 6.92 Å². The molecule has 0 aliphatic heterocycles. The molecule has 5 aromatic rings. The van der Waals surface area contributed by atoms with Gasteiger partial charge in [0.05, 0.1) is 17.0 Å². The predicted octanol–water partition coefficient (Wildman–Crippen LogP) is 6.12. The number of ether oxygens (including phenoxy) is 1. The van der Waals surface area contributed by atoms with E-state index >= 15 is 0 Å². The molecular weight excluding hydrogens is 559 g/mol. The Bertz CT molecular complexity index is 1710. The summed E-state index contributed by atoms with van der Waals surface area (Å²) in [5.41, 5.74) is 5.08. The number of alkyl halides is 3. The first-order valence-corrected chi connectivity index (χ1v) is 12.3. The second-order valence-corrected chi connectivity index (χ2v) is 9.69. The SMILES string of the molecule is Cc1ccc(Cl)c(OCn2ccc(C(=O)Nc3c(C(N)=O)sc4nc(C(F)(F)F)cc(-c5ccco5)c34)n2)c1. The van der Waals surface area contributed by atoms with E-state index in [1.54, 1.807) is 12.1 Å². The van der Waals surface area contributed by atoms with Crippen molar-refractivity contribution in [3.8, 4) is 17.1 Å². The number of amides is 2. The van der Waals surface area contributed by atoms with Crippen molar-refractivity contribution in [1.29, 1.82) is 0 Å². The Balaban J connectivity index is 1.49. The first kappa shape index (κ1) is 26.3. The van der Waals surface area contributed by atoms with Gasteiger partial charge in [0.2, 0.25) is 0 Å². The number of carbonyl (C=O) groups is 2. The molecule has 0 radical (unpaired) electrons. The van der Waals surface area contributed by atoms with E-state index < -0.39 is 23.7 Å². The average molecular weight is 576 g/mol. The monoisotopic (exact) mass is 575 g/mol. The minimum Gasteiger partial charge on any atom is -0.470 e. The van der Waals surface area contributed by atoms with Gasteiger partial charge in [-0.15, -0.1) is 11.3 Å². The molecule has 0 bridgehead atoms. The van der Waals surface area contributed by atoms with Crippen LogP contribution in [0.3, 0.4) is 0 Å². The highest BCUT2D eigenvalue weighted by atomic mass is 35.5. The summed E-state index contributed by atoms with van der Waals surface area (Å²) in [5, 5.41) is 7.21. The molecule has 0 atom stereocenters. The molecule has 0 aliphatic rings. The number of thiophene rings is 1. The molecule has 9 nitrogen and oxygen atoms in total. The average Bonchev–Trinajstić information content (AvgIpc) is 3.64. The first-order chi connectivity index (χ1) is 18.5. The maximum Gasteiger partial charge on any atom is 0.433 e. The summed E-state index contributed by atoms with van der Waals surface area (Å²) in [7, 11) is 0. The van der Waals surface area contributed by atoms with Gasteiger partial charge in [-0.2, -0.15) is 18.3 Å². The number of halogens is 4. The van der Waals surface area contributed by atoms with Gasteiger partial charge in [-0.25, -0.2) is 9.67 Å². The molecule has 5 rings (SSSR count). The number of hydrogen-bond acceptors (Lipinski definition) is 7. The number of nitrogens with two attached hydrogens (primary N) is 1. The van der Waals surface area contributed by atoms with Crippen LogP contribution < -0.4 is 15.8 Å². The van der Waals surface area contributed by atoms with E-state index in [0.717, 1.165) is 11.6 Å². The fourth-order valence-electron chi connectivity index (χ4n) is 3.75. The van der Waals surface area contributed by atoms with E-state index in [9.17, 15) is 22.8 Å². The molecule has 1 aromatic carbocycles. The Hall–Kier alpha value is -4.36. The molecule has 4 heterocycles. The third-order valence-corrected chi connectivity index (χ3v) is 6.92. The molecule has 0 spiro atoms. The van der Waals surface area contributed by atoms with Gasteiger partial charge in [0.15, 0.2) is 12.4 Å². The smallest absolute Gasteiger partial charge is 0.433 e. The Labute approximate surface area is 226 Å². The van der Waals surface area contributed by atoms with Crippen LogP contribution in [0.1, 0.15) is 31.4 Å². The number of aryl methyl sites for hydroxylation is 1. The quantitative estimate of drug-likeness (QED) is 0.241. The van der Waals surface area contributed by atoms with Crippen molar-refractivity contribution >= 4 is 50.7 Å². The molecule has 0 unspecified atom stereocenters. The van der Waals surface area contributed by atoms with Gasteiger partial charge in [0, 0.05) is 17.1 Å². The lowest BCUT2D eigenvalue weighted by Crippen LogP contribution is -2.18. The molecule has 200 valence electrons. The van der Waals surface area contributed by atoms with Crippen molar-refractivity contribution in [3.63, 3.8) is 0 Å². The van der Waals surface area contributed by atoms with Crippen LogP contribution in [0.2, 0.25) is 5.02 Å². The minimum absolute atomic E-state index is 0.0228. The van der Waals surface area contributed by atoms with E-state index in [4.69, 9.17) is 26.5 Å². The zero-order valence-electron chi connectivity index (χ0n) is 19.9. The molecule has 0 aliphatic carbocycles. The molecule has 14 heteroatoms. The van der Waals surface area contributed by atoms with Gasteiger partial charge in [-0.1, -0.05) is 17.7 Å². The van der Waals surface area contributed by atoms with E-state index in [0.29, 0.717) is 22.1 Å². The summed E-state index contributed by atoms with van der Waals surface area (Å²) in [6.07, 6.45) is -1.99. The maximum atomic E-state index is 13.6. The molecule has 39 heavy (non-hydrogen) atoms. The normalized spacial score (nSPS) is 11.6. The number of hydrogen-bond donors (Lipinski definition) is 2. The molecular formula is C25H17ClF3N5O4S. The number of aromatic nitrogens is 3. The lowest BCUT2D eigenvalue weighted by molar-refractivity contribution is -0.140. The summed E-state index contributed by atoms with van der Waals surface area (Å²) >= 11 is 6.76. The van der Waals surface area contributed by atoms with Crippen molar-refractivity contribution in [3.05, 3.63) is 81.8 Å². The highest BCUT2D eigenvalue weighted by molar-refractivity contribution is 7.21. The van der Waals surface area contributed by atoms with Gasteiger partial charge in [-0.3, -0.25) is 9.59 Å². The summed E-state index contributed by atoms with van der Waals surface area (Å²) < 4.78 is 53.1. The Morgan fingerprint density at radius 1 is 1.23 bits per heavy atom. The van der Waals surface area contributed by atoms with Crippen LogP contribution in [0.5, 0.6) is 5.75 Å². The molecule has 0 fully saturated rings. The number of primary amides is 1. The van der Waals surface area contributed by atoms with Crippen molar-refractivity contribution < 1.29 is 31.9 Å². The number of anilines is 1. The maximum absolute atomic E-state index is 13.6. The van der Waals surface area contributed by atoms with Gasteiger partial charge in [-0.05, 0) is 48.9 Å². The van der Waals surface area contributed by atoms with Gasteiger partial charge >= 0.3 is 6.18 Å². The van der Waals surface area contributed by atoms with Crippen molar-refractivity contribution in [2.75, 3.05) is 5.32 Å². The molecule has 4 aromatic heterocycles. The van der Waals surface area contributed by atoms with Crippen LogP contribution in [0.15, 0.2) is 59.3 Å². The number of benzene rings is 1. The number of nitrogens with zero attached hydrogens (tertiary/aromatic N) is 3. The lowest BCUT2D eigenvalue weighted by Gasteiger charge is -2.10. The first-order valence-electron chi connectivity index (χ1n) is 11.1. The molecule has 3 N–H and O–H groups in total. The van der Waals surface area contributed by atoms with E-state index in [1.807, 2.05) is 13.0 Å². The van der Waals surface area contributed by atoms with E-state index in [2.05, 4.69) is 15.4 Å². The second-order valence-electron chi connectivity index (χ2n) is 8.28. The topological polar surface area (TPSA) is 125 Å². The van der Waals surface area contributed by atoms with Crippen LogP contribution >= 0.6 is 22.9 Å². The summed E-state index contributed by atoms with van der Waals surface area (Å²) in [6.45, 7) is 1.82. The van der Waals surface area contributed by atoms with Gasteiger partial charge < -0.3 is 20.2 Å². The van der Waals surface area contributed by atoms with E-state index in [-0.39, 0.29) is 44.5 Å². The largest absolute Gasteiger partial charge is 0.470 e. The Morgan fingerprint density at radius 2 is 2.03 bits per heavy atom. The van der Waals surface area contributed by atoms with Crippen LogP contribution in [-0.4, -0.2) is 26.6 Å².